The molecule has 0 radical (unpaired) electrons. The van der Waals surface area contributed by atoms with Gasteiger partial charge in [-0.15, -0.1) is 0 Å². The van der Waals surface area contributed by atoms with Gasteiger partial charge in [-0.1, -0.05) is 46.4 Å². The molecule has 10 heteroatoms. The topological polar surface area (TPSA) is 82.2 Å². The van der Waals surface area contributed by atoms with Crippen LogP contribution in [0.2, 0.25) is 5.02 Å². The summed E-state index contributed by atoms with van der Waals surface area (Å²) in [5.41, 5.74) is 1.54. The number of carbonyl (C=O) groups excluding carboxylic acids is 1. The van der Waals surface area contributed by atoms with Crippen LogP contribution >= 0.6 is 11.6 Å². The minimum Gasteiger partial charge on any atom is -0.351 e. The molecule has 3 rings (SSSR count). The van der Waals surface area contributed by atoms with E-state index in [-0.39, 0.29) is 21.4 Å². The Kier molecular flexibility index (Phi) is 8.64. The summed E-state index contributed by atoms with van der Waals surface area (Å²) in [6.07, 6.45) is 0. The fraction of sp³-hybridized carbons (Fsp3) is 0.409. The van der Waals surface area contributed by atoms with E-state index in [0.29, 0.717) is 11.0 Å². The molecule has 1 fully saturated rings. The van der Waals surface area contributed by atoms with E-state index in [1.54, 1.807) is 0 Å². The third-order valence-corrected chi connectivity index (χ3v) is 7.66. The van der Waals surface area contributed by atoms with E-state index < -0.39 is 10.0 Å². The van der Waals surface area contributed by atoms with Crippen LogP contribution in [-0.4, -0.2) is 82.0 Å². The molecule has 0 spiro atoms. The monoisotopic (exact) mass is 480 g/mol. The number of nitrogens with one attached hydrogen (secondary N) is 1. The van der Waals surface area contributed by atoms with E-state index in [4.69, 9.17) is 16.4 Å². The molecule has 2 aromatic carbocycles. The van der Waals surface area contributed by atoms with Gasteiger partial charge < -0.3 is 5.32 Å². The van der Waals surface area contributed by atoms with Gasteiger partial charge in [0.1, 0.15) is 4.90 Å². The van der Waals surface area contributed by atoms with Crippen molar-refractivity contribution in [1.82, 2.24) is 19.6 Å². The molecule has 1 amide bonds. The van der Waals surface area contributed by atoms with Gasteiger partial charge >= 0.3 is 0 Å². The summed E-state index contributed by atoms with van der Waals surface area (Å²) in [7, 11) is -1.45. The first-order valence-corrected chi connectivity index (χ1v) is 12.2. The first-order chi connectivity index (χ1) is 15.3. The molecule has 1 heterocycles. The molecule has 1 N–H and O–H groups in total. The quantitative estimate of drug-likeness (QED) is 0.553. The van der Waals surface area contributed by atoms with Crippen LogP contribution in [0.25, 0.3) is 0 Å². The molecule has 1 aliphatic rings. The highest BCUT2D eigenvalue weighted by Crippen LogP contribution is 2.25. The molecule has 1 aliphatic heterocycles. The Morgan fingerprint density at radius 2 is 1.75 bits per heavy atom. The van der Waals surface area contributed by atoms with Crippen molar-refractivity contribution in [3.8, 4) is 0 Å². The molecule has 0 unspecified atom stereocenters. The minimum absolute atomic E-state index is 0.0267. The number of amides is 1. The summed E-state index contributed by atoms with van der Waals surface area (Å²) < 4.78 is 25.7. The van der Waals surface area contributed by atoms with Gasteiger partial charge in [0.2, 0.25) is 0 Å². The summed E-state index contributed by atoms with van der Waals surface area (Å²) in [4.78, 5) is 21.9. The Hall–Kier alpha value is -2.01. The highest BCUT2D eigenvalue weighted by molar-refractivity contribution is 7.89. The molecule has 0 aliphatic carbocycles. The van der Waals surface area contributed by atoms with Crippen LogP contribution in [0.5, 0.6) is 0 Å². The largest absolute Gasteiger partial charge is 0.351 e. The Morgan fingerprint density at radius 3 is 2.41 bits per heavy atom. The Labute approximate surface area is 194 Å². The molecule has 1 saturated heterocycles. The maximum atomic E-state index is 12.6. The first kappa shape index (κ1) is 24.6. The lowest BCUT2D eigenvalue weighted by Gasteiger charge is -2.34. The highest BCUT2D eigenvalue weighted by atomic mass is 35.5. The second-order valence-electron chi connectivity index (χ2n) is 7.60. The number of sulfonamides is 1. The van der Waals surface area contributed by atoms with Gasteiger partial charge in [0.05, 0.1) is 12.1 Å². The average molecular weight is 481 g/mol. The number of halogens is 1. The van der Waals surface area contributed by atoms with Crippen molar-refractivity contribution in [2.24, 2.45) is 0 Å². The molecule has 0 saturated carbocycles. The van der Waals surface area contributed by atoms with Crippen molar-refractivity contribution in [3.05, 3.63) is 64.7 Å². The lowest BCUT2D eigenvalue weighted by molar-refractivity contribution is -0.0258. The molecule has 8 nitrogen and oxygen atoms in total. The zero-order valence-corrected chi connectivity index (χ0v) is 19.9. The minimum atomic E-state index is -3.96. The number of nitrogens with zero attached hydrogens (tertiary/aromatic N) is 3. The number of hydrogen-bond donors (Lipinski definition) is 1. The van der Waals surface area contributed by atoms with Crippen LogP contribution in [-0.2, 0) is 21.4 Å². The highest BCUT2D eigenvalue weighted by Gasteiger charge is 2.25. The number of hydroxylamine groups is 1. The number of carbonyl (C=O) groups is 1. The molecule has 0 bridgehead atoms. The Morgan fingerprint density at radius 1 is 1.09 bits per heavy atom. The van der Waals surface area contributed by atoms with Crippen molar-refractivity contribution >= 4 is 27.5 Å². The zero-order valence-electron chi connectivity index (χ0n) is 18.3. The van der Waals surface area contributed by atoms with Gasteiger partial charge in [0, 0.05) is 58.4 Å². The van der Waals surface area contributed by atoms with Gasteiger partial charge in [-0.3, -0.25) is 19.4 Å². The lowest BCUT2D eigenvalue weighted by Crippen LogP contribution is -2.48. The van der Waals surface area contributed by atoms with Crippen molar-refractivity contribution < 1.29 is 18.0 Å². The second-order valence-corrected chi connectivity index (χ2v) is 9.91. The SMILES string of the molecule is CON(C)S(=O)(=O)c1cc(C(=O)NCCN2CCN(Cc3ccccc3)CC2)ccc1Cl. The Balaban J connectivity index is 1.48. The van der Waals surface area contributed by atoms with Crippen LogP contribution in [0.1, 0.15) is 15.9 Å². The summed E-state index contributed by atoms with van der Waals surface area (Å²) in [5.74, 6) is -0.346. The summed E-state index contributed by atoms with van der Waals surface area (Å²) >= 11 is 6.05. The van der Waals surface area contributed by atoms with E-state index in [1.165, 1.54) is 37.9 Å². The summed E-state index contributed by atoms with van der Waals surface area (Å²) in [6, 6.07) is 14.6. The standard InChI is InChI=1S/C22H29ClN4O4S/c1-25(31-2)32(29,30)21-16-19(8-9-20(21)23)22(28)24-10-11-26-12-14-27(15-13-26)17-18-6-4-3-5-7-18/h3-9,16H,10-15,17H2,1-2H3,(H,24,28). The molecule has 32 heavy (non-hydrogen) atoms. The van der Waals surface area contributed by atoms with Crippen LogP contribution < -0.4 is 5.32 Å². The average Bonchev–Trinajstić information content (AvgIpc) is 2.80. The predicted octanol–water partition coefficient (Wildman–Crippen LogP) is 2.07. The fourth-order valence-electron chi connectivity index (χ4n) is 3.52. The third-order valence-electron chi connectivity index (χ3n) is 5.49. The van der Waals surface area contributed by atoms with Gasteiger partial charge in [-0.25, -0.2) is 8.42 Å². The van der Waals surface area contributed by atoms with Crippen LogP contribution in [0.4, 0.5) is 0 Å². The van der Waals surface area contributed by atoms with Crippen molar-refractivity contribution in [1.29, 1.82) is 0 Å². The lowest BCUT2D eigenvalue weighted by atomic mass is 10.2. The van der Waals surface area contributed by atoms with Gasteiger partial charge in [0.25, 0.3) is 15.9 Å². The third kappa shape index (κ3) is 6.28. The second kappa shape index (κ2) is 11.2. The van der Waals surface area contributed by atoms with Gasteiger partial charge in [-0.2, -0.15) is 0 Å². The van der Waals surface area contributed by atoms with E-state index >= 15 is 0 Å². The van der Waals surface area contributed by atoms with Crippen LogP contribution in [0.3, 0.4) is 0 Å². The maximum absolute atomic E-state index is 12.6. The molecule has 0 atom stereocenters. The summed E-state index contributed by atoms with van der Waals surface area (Å²) in [6.45, 7) is 6.00. The van der Waals surface area contributed by atoms with Crippen molar-refractivity contribution in [2.75, 3.05) is 53.4 Å². The molecular weight excluding hydrogens is 452 g/mol. The first-order valence-electron chi connectivity index (χ1n) is 10.4. The number of piperazine rings is 1. The number of hydrogen-bond acceptors (Lipinski definition) is 6. The van der Waals surface area contributed by atoms with Gasteiger partial charge in [-0.05, 0) is 23.8 Å². The van der Waals surface area contributed by atoms with E-state index in [9.17, 15) is 13.2 Å². The van der Waals surface area contributed by atoms with Crippen LogP contribution in [0, 0.1) is 0 Å². The zero-order chi connectivity index (χ0) is 23.1. The van der Waals surface area contributed by atoms with Gasteiger partial charge in [0.15, 0.2) is 0 Å². The van der Waals surface area contributed by atoms with E-state index in [0.717, 1.165) is 39.3 Å². The fourth-order valence-corrected chi connectivity index (χ4v) is 4.99. The number of benzene rings is 2. The van der Waals surface area contributed by atoms with Crippen molar-refractivity contribution in [2.45, 2.75) is 11.4 Å². The Bertz CT molecular complexity index is 1010. The molecule has 2 aromatic rings. The maximum Gasteiger partial charge on any atom is 0.266 e. The molecule has 174 valence electrons. The molecular formula is C22H29ClN4O4S. The summed E-state index contributed by atoms with van der Waals surface area (Å²) in [5, 5.41) is 2.89. The van der Waals surface area contributed by atoms with E-state index in [1.807, 2.05) is 6.07 Å². The molecule has 0 aromatic heterocycles. The number of rotatable bonds is 9. The van der Waals surface area contributed by atoms with E-state index in [2.05, 4.69) is 39.4 Å². The predicted molar refractivity (Wildman–Crippen MR) is 124 cm³/mol. The smallest absolute Gasteiger partial charge is 0.266 e. The van der Waals surface area contributed by atoms with Crippen molar-refractivity contribution in [3.63, 3.8) is 0 Å². The van der Waals surface area contributed by atoms with Crippen LogP contribution in [0.15, 0.2) is 53.4 Å². The normalized spacial score (nSPS) is 15.8.